The zero-order valence-electron chi connectivity index (χ0n) is 13.1. The van der Waals surface area contributed by atoms with Crippen LogP contribution in [0.5, 0.6) is 0 Å². The van der Waals surface area contributed by atoms with Gasteiger partial charge < -0.3 is 14.7 Å². The molecule has 0 amide bonds. The predicted octanol–water partition coefficient (Wildman–Crippen LogP) is -1.70. The summed E-state index contributed by atoms with van der Waals surface area (Å²) < 4.78 is 0. The van der Waals surface area contributed by atoms with Gasteiger partial charge in [0.1, 0.15) is 32.7 Å². The second-order valence-corrected chi connectivity index (χ2v) is 7.38. The Hall–Kier alpha value is -0.610. The number of halogens is 1. The van der Waals surface area contributed by atoms with Gasteiger partial charge in [-0.3, -0.25) is 0 Å². The number of rotatable bonds is 3. The van der Waals surface area contributed by atoms with E-state index in [2.05, 4.69) is 19.2 Å². The summed E-state index contributed by atoms with van der Waals surface area (Å²) in [7, 11) is 2.33. The largest absolute Gasteiger partial charge is 0.331 e. The third-order valence-corrected chi connectivity index (χ3v) is 5.64. The highest BCUT2D eigenvalue weighted by molar-refractivity contribution is 6.30. The molecule has 3 N–H and O–H groups in total. The minimum atomic E-state index is 0.841. The first-order valence-corrected chi connectivity index (χ1v) is 8.82. The van der Waals surface area contributed by atoms with Gasteiger partial charge >= 0.3 is 0 Å². The maximum atomic E-state index is 5.96. The Morgan fingerprint density at radius 1 is 0.952 bits per heavy atom. The monoisotopic (exact) mass is 310 g/mol. The van der Waals surface area contributed by atoms with Crippen molar-refractivity contribution in [1.82, 2.24) is 0 Å². The minimum Gasteiger partial charge on any atom is -0.331 e. The second kappa shape index (κ2) is 7.10. The third kappa shape index (κ3) is 4.19. The minimum absolute atomic E-state index is 0.841. The van der Waals surface area contributed by atoms with E-state index in [4.69, 9.17) is 11.6 Å². The Balaban J connectivity index is 1.45. The molecule has 3 rings (SSSR count). The normalized spacial score (nSPS) is 33.8. The fourth-order valence-corrected chi connectivity index (χ4v) is 4.03. The first kappa shape index (κ1) is 15.3. The molecule has 2 aliphatic rings. The van der Waals surface area contributed by atoms with Crippen LogP contribution in [-0.4, -0.2) is 52.4 Å². The Kier molecular flexibility index (Phi) is 5.17. The molecule has 2 fully saturated rings. The van der Waals surface area contributed by atoms with Crippen molar-refractivity contribution in [3.05, 3.63) is 34.9 Å². The molecule has 2 heterocycles. The van der Waals surface area contributed by atoms with Crippen LogP contribution in [0.4, 0.5) is 0 Å². The molecule has 0 bridgehead atoms. The molecule has 0 unspecified atom stereocenters. The lowest BCUT2D eigenvalue weighted by molar-refractivity contribution is -1.02. The number of likely N-dealkylation sites (tertiary alicyclic amines) is 1. The van der Waals surface area contributed by atoms with Crippen LogP contribution >= 0.6 is 11.6 Å². The lowest BCUT2D eigenvalue weighted by Crippen LogP contribution is -3.29. The van der Waals surface area contributed by atoms with E-state index in [1.165, 1.54) is 57.7 Å². The van der Waals surface area contributed by atoms with Gasteiger partial charge in [-0.25, -0.2) is 0 Å². The lowest BCUT2D eigenvalue weighted by Gasteiger charge is -2.37. The van der Waals surface area contributed by atoms with E-state index in [0.29, 0.717) is 0 Å². The van der Waals surface area contributed by atoms with Crippen LogP contribution in [0.1, 0.15) is 18.4 Å². The number of piperazine rings is 1. The van der Waals surface area contributed by atoms with Crippen molar-refractivity contribution >= 4 is 11.6 Å². The van der Waals surface area contributed by atoms with Gasteiger partial charge in [0.15, 0.2) is 0 Å². The highest BCUT2D eigenvalue weighted by Crippen LogP contribution is 2.08. The summed E-state index contributed by atoms with van der Waals surface area (Å²) in [6.45, 7) is 9.29. The Labute approximate surface area is 133 Å². The van der Waals surface area contributed by atoms with Crippen molar-refractivity contribution in [3.8, 4) is 0 Å². The van der Waals surface area contributed by atoms with E-state index in [0.717, 1.165) is 17.6 Å². The van der Waals surface area contributed by atoms with E-state index < -0.39 is 0 Å². The van der Waals surface area contributed by atoms with E-state index in [9.17, 15) is 0 Å². The number of piperidine rings is 1. The van der Waals surface area contributed by atoms with Crippen molar-refractivity contribution in [1.29, 1.82) is 0 Å². The molecule has 3 nitrogen and oxygen atoms in total. The van der Waals surface area contributed by atoms with Gasteiger partial charge in [0.25, 0.3) is 0 Å². The Morgan fingerprint density at radius 2 is 1.57 bits per heavy atom. The van der Waals surface area contributed by atoms with Gasteiger partial charge in [0.05, 0.1) is 26.2 Å². The van der Waals surface area contributed by atoms with Crippen LogP contribution in [0.15, 0.2) is 24.3 Å². The van der Waals surface area contributed by atoms with E-state index in [1.54, 1.807) is 9.80 Å². The average Bonchev–Trinajstić information content (AvgIpc) is 2.51. The van der Waals surface area contributed by atoms with Crippen LogP contribution in [0, 0.1) is 0 Å². The maximum absolute atomic E-state index is 5.96. The number of likely N-dealkylation sites (N-methyl/N-ethyl adjacent to an activating group) is 1. The van der Waals surface area contributed by atoms with Gasteiger partial charge in [-0.05, 0) is 12.1 Å². The van der Waals surface area contributed by atoms with Gasteiger partial charge in [-0.1, -0.05) is 23.7 Å². The summed E-state index contributed by atoms with van der Waals surface area (Å²) in [6, 6.07) is 9.30. The second-order valence-electron chi connectivity index (χ2n) is 6.94. The third-order valence-electron chi connectivity index (χ3n) is 5.38. The molecule has 0 atom stereocenters. The van der Waals surface area contributed by atoms with Gasteiger partial charge in [-0.15, -0.1) is 0 Å². The highest BCUT2D eigenvalue weighted by atomic mass is 35.5. The van der Waals surface area contributed by atoms with E-state index in [-0.39, 0.29) is 0 Å². The average molecular weight is 311 g/mol. The van der Waals surface area contributed by atoms with Crippen molar-refractivity contribution in [2.24, 2.45) is 0 Å². The molecular formula is C17H29ClN3+3. The molecule has 0 aromatic heterocycles. The zero-order valence-corrected chi connectivity index (χ0v) is 13.9. The summed E-state index contributed by atoms with van der Waals surface area (Å²) in [5, 5.41) is 0.841. The van der Waals surface area contributed by atoms with Gasteiger partial charge in [0, 0.05) is 23.4 Å². The summed E-state index contributed by atoms with van der Waals surface area (Å²) in [5.41, 5.74) is 1.42. The Morgan fingerprint density at radius 3 is 2.19 bits per heavy atom. The fraction of sp³-hybridized carbons (Fsp3) is 0.647. The molecule has 0 saturated carbocycles. The number of hydrogen-bond donors (Lipinski definition) is 3. The summed E-state index contributed by atoms with van der Waals surface area (Å²) in [6.07, 6.45) is 2.80. The van der Waals surface area contributed by atoms with Crippen LogP contribution < -0.4 is 14.7 Å². The molecule has 21 heavy (non-hydrogen) atoms. The molecule has 2 aliphatic heterocycles. The van der Waals surface area contributed by atoms with Gasteiger partial charge in [-0.2, -0.15) is 0 Å². The fourth-order valence-electron chi connectivity index (χ4n) is 3.91. The SMILES string of the molecule is C[NH+]1CC[NH+](C2CC[NH+](Cc3ccc(Cl)cc3)CC2)CC1. The highest BCUT2D eigenvalue weighted by Gasteiger charge is 2.32. The molecule has 2 saturated heterocycles. The molecular weight excluding hydrogens is 282 g/mol. The molecule has 0 aliphatic carbocycles. The molecule has 116 valence electrons. The number of hydrogen-bond acceptors (Lipinski definition) is 0. The van der Waals surface area contributed by atoms with Crippen LogP contribution in [0.2, 0.25) is 5.02 Å². The summed E-state index contributed by atoms with van der Waals surface area (Å²) in [5.74, 6) is 0. The molecule has 4 heteroatoms. The first-order chi connectivity index (χ1) is 10.2. The van der Waals surface area contributed by atoms with Crippen molar-refractivity contribution in [2.75, 3.05) is 46.3 Å². The Bertz CT molecular complexity index is 432. The smallest absolute Gasteiger partial charge is 0.127 e. The zero-order chi connectivity index (χ0) is 14.7. The predicted molar refractivity (Wildman–Crippen MR) is 86.2 cm³/mol. The standard InChI is InChI=1S/C17H26ClN3/c1-19-10-12-21(13-11-19)17-6-8-20(9-7-17)14-15-2-4-16(18)5-3-15/h2-5,17H,6-14H2,1H3/p+3. The topological polar surface area (TPSA) is 13.3 Å². The van der Waals surface area contributed by atoms with Crippen molar-refractivity contribution in [3.63, 3.8) is 0 Å². The molecule has 1 aromatic carbocycles. The molecule has 0 spiro atoms. The van der Waals surface area contributed by atoms with Crippen LogP contribution in [-0.2, 0) is 6.54 Å². The van der Waals surface area contributed by atoms with Crippen molar-refractivity contribution in [2.45, 2.75) is 25.4 Å². The van der Waals surface area contributed by atoms with E-state index in [1.807, 2.05) is 17.0 Å². The summed E-state index contributed by atoms with van der Waals surface area (Å²) in [4.78, 5) is 5.34. The lowest BCUT2D eigenvalue weighted by atomic mass is 10.0. The number of quaternary nitrogens is 3. The summed E-state index contributed by atoms with van der Waals surface area (Å²) >= 11 is 5.96. The number of nitrogens with one attached hydrogen (secondary N) is 3. The molecule has 0 radical (unpaired) electrons. The van der Waals surface area contributed by atoms with E-state index >= 15 is 0 Å². The molecule has 1 aromatic rings. The van der Waals surface area contributed by atoms with Crippen LogP contribution in [0.25, 0.3) is 0 Å². The number of benzene rings is 1. The first-order valence-electron chi connectivity index (χ1n) is 8.44. The van der Waals surface area contributed by atoms with Gasteiger partial charge in [0.2, 0.25) is 0 Å². The van der Waals surface area contributed by atoms with Crippen LogP contribution in [0.3, 0.4) is 0 Å². The quantitative estimate of drug-likeness (QED) is 0.589. The maximum Gasteiger partial charge on any atom is 0.127 e. The van der Waals surface area contributed by atoms with Crippen molar-refractivity contribution < 1.29 is 14.7 Å².